The van der Waals surface area contributed by atoms with Crippen LogP contribution in [0.3, 0.4) is 0 Å². The fourth-order valence-corrected chi connectivity index (χ4v) is 2.63. The first-order valence-electron chi connectivity index (χ1n) is 8.48. The molecular weight excluding hydrogens is 318 g/mol. The molecule has 0 heterocycles. The Morgan fingerprint density at radius 2 is 1.68 bits per heavy atom. The Morgan fingerprint density at radius 3 is 2.32 bits per heavy atom. The van der Waals surface area contributed by atoms with Gasteiger partial charge in [-0.25, -0.2) is 4.79 Å². The number of aromatic hydroxyl groups is 1. The molecule has 5 nitrogen and oxygen atoms in total. The number of ketones is 1. The van der Waals surface area contributed by atoms with Crippen LogP contribution >= 0.6 is 0 Å². The predicted octanol–water partition coefficient (Wildman–Crippen LogP) is 4.31. The van der Waals surface area contributed by atoms with Gasteiger partial charge in [0.05, 0.1) is 11.1 Å². The fourth-order valence-electron chi connectivity index (χ4n) is 2.63. The SMILES string of the molecule is CCCCCCNc1ccc(C(=O)c2ccccc2C(=O)O)c(O)c1. The molecular formula is C20H23NO4. The van der Waals surface area contributed by atoms with Crippen molar-refractivity contribution in [3.05, 3.63) is 59.2 Å². The lowest BCUT2D eigenvalue weighted by molar-refractivity contribution is 0.0692. The Hall–Kier alpha value is -2.82. The Bertz CT molecular complexity index is 755. The number of unbranched alkanes of at least 4 members (excludes halogenated alkanes) is 3. The van der Waals surface area contributed by atoms with Crippen LogP contribution in [-0.2, 0) is 0 Å². The maximum atomic E-state index is 12.6. The third-order valence-electron chi connectivity index (χ3n) is 4.00. The molecule has 3 N–H and O–H groups in total. The van der Waals surface area contributed by atoms with Crippen molar-refractivity contribution in [3.63, 3.8) is 0 Å². The van der Waals surface area contributed by atoms with Crippen LogP contribution < -0.4 is 5.32 Å². The monoisotopic (exact) mass is 341 g/mol. The molecule has 2 aromatic carbocycles. The van der Waals surface area contributed by atoms with Crippen molar-refractivity contribution in [1.82, 2.24) is 0 Å². The van der Waals surface area contributed by atoms with Gasteiger partial charge in [-0.1, -0.05) is 44.4 Å². The largest absolute Gasteiger partial charge is 0.507 e. The predicted molar refractivity (Wildman–Crippen MR) is 97.6 cm³/mol. The van der Waals surface area contributed by atoms with Gasteiger partial charge in [-0.15, -0.1) is 0 Å². The standard InChI is InChI=1S/C20H23NO4/c1-2-3-4-7-12-21-14-10-11-17(18(22)13-14)19(23)15-8-5-6-9-16(15)20(24)25/h5-6,8-11,13,21-22H,2-4,7,12H2,1H3,(H,24,25). The van der Waals surface area contributed by atoms with E-state index in [1.807, 2.05) is 0 Å². The smallest absolute Gasteiger partial charge is 0.336 e. The van der Waals surface area contributed by atoms with E-state index >= 15 is 0 Å². The van der Waals surface area contributed by atoms with E-state index in [1.54, 1.807) is 18.2 Å². The van der Waals surface area contributed by atoms with Gasteiger partial charge in [0.25, 0.3) is 0 Å². The molecule has 132 valence electrons. The lowest BCUT2D eigenvalue weighted by Gasteiger charge is -2.10. The van der Waals surface area contributed by atoms with Crippen molar-refractivity contribution in [3.8, 4) is 5.75 Å². The van der Waals surface area contributed by atoms with Crippen LogP contribution in [0, 0.1) is 0 Å². The van der Waals surface area contributed by atoms with Crippen molar-refractivity contribution in [2.24, 2.45) is 0 Å². The summed E-state index contributed by atoms with van der Waals surface area (Å²) in [6.07, 6.45) is 4.57. The summed E-state index contributed by atoms with van der Waals surface area (Å²) in [7, 11) is 0. The van der Waals surface area contributed by atoms with Crippen molar-refractivity contribution in [2.75, 3.05) is 11.9 Å². The number of hydrogen-bond acceptors (Lipinski definition) is 4. The highest BCUT2D eigenvalue weighted by Crippen LogP contribution is 2.26. The van der Waals surface area contributed by atoms with Gasteiger partial charge in [0.15, 0.2) is 5.78 Å². The van der Waals surface area contributed by atoms with Gasteiger partial charge in [0.1, 0.15) is 5.75 Å². The van der Waals surface area contributed by atoms with Gasteiger partial charge < -0.3 is 15.5 Å². The molecule has 0 bridgehead atoms. The Balaban J connectivity index is 2.13. The van der Waals surface area contributed by atoms with Crippen LogP contribution in [0.25, 0.3) is 0 Å². The van der Waals surface area contributed by atoms with Gasteiger partial charge in [0.2, 0.25) is 0 Å². The van der Waals surface area contributed by atoms with E-state index in [-0.39, 0.29) is 22.4 Å². The summed E-state index contributed by atoms with van der Waals surface area (Å²) < 4.78 is 0. The molecule has 0 spiro atoms. The number of phenolic OH excluding ortho intramolecular Hbond substituents is 1. The van der Waals surface area contributed by atoms with Crippen LogP contribution in [0.5, 0.6) is 5.75 Å². The molecule has 0 unspecified atom stereocenters. The molecule has 0 aliphatic rings. The van der Waals surface area contributed by atoms with E-state index in [4.69, 9.17) is 0 Å². The normalized spacial score (nSPS) is 10.4. The molecule has 0 saturated heterocycles. The summed E-state index contributed by atoms with van der Waals surface area (Å²) in [6.45, 7) is 2.96. The lowest BCUT2D eigenvalue weighted by Crippen LogP contribution is -2.10. The van der Waals surface area contributed by atoms with Gasteiger partial charge in [-0.05, 0) is 24.6 Å². The second kappa shape index (κ2) is 8.87. The molecule has 0 aromatic heterocycles. The molecule has 0 atom stereocenters. The number of hydrogen-bond donors (Lipinski definition) is 3. The number of aromatic carboxylic acids is 1. The maximum Gasteiger partial charge on any atom is 0.336 e. The number of rotatable bonds is 9. The number of benzene rings is 2. The molecule has 0 fully saturated rings. The first-order valence-corrected chi connectivity index (χ1v) is 8.48. The number of carboxylic acids is 1. The van der Waals surface area contributed by atoms with Crippen LogP contribution in [-0.4, -0.2) is 28.5 Å². The minimum atomic E-state index is -1.17. The minimum absolute atomic E-state index is 0.0607. The van der Waals surface area contributed by atoms with Crippen LogP contribution in [0.15, 0.2) is 42.5 Å². The highest BCUT2D eigenvalue weighted by atomic mass is 16.4. The average Bonchev–Trinajstić information content (AvgIpc) is 2.61. The molecule has 2 aromatic rings. The van der Waals surface area contributed by atoms with Gasteiger partial charge in [-0.3, -0.25) is 4.79 Å². The number of nitrogens with one attached hydrogen (secondary N) is 1. The molecule has 5 heteroatoms. The molecule has 25 heavy (non-hydrogen) atoms. The topological polar surface area (TPSA) is 86.6 Å². The Morgan fingerprint density at radius 1 is 0.960 bits per heavy atom. The summed E-state index contributed by atoms with van der Waals surface area (Å²) in [5, 5.41) is 22.6. The van der Waals surface area contributed by atoms with E-state index < -0.39 is 11.8 Å². The third kappa shape index (κ3) is 4.83. The van der Waals surface area contributed by atoms with E-state index in [9.17, 15) is 19.8 Å². The van der Waals surface area contributed by atoms with Crippen molar-refractivity contribution < 1.29 is 19.8 Å². The van der Waals surface area contributed by atoms with Crippen LogP contribution in [0.2, 0.25) is 0 Å². The lowest BCUT2D eigenvalue weighted by atomic mass is 9.97. The number of anilines is 1. The number of carbonyl (C=O) groups is 2. The third-order valence-corrected chi connectivity index (χ3v) is 4.00. The highest BCUT2D eigenvalue weighted by Gasteiger charge is 2.20. The van der Waals surface area contributed by atoms with E-state index in [0.717, 1.165) is 25.1 Å². The van der Waals surface area contributed by atoms with Crippen molar-refractivity contribution in [1.29, 1.82) is 0 Å². The van der Waals surface area contributed by atoms with Crippen LogP contribution in [0.4, 0.5) is 5.69 Å². The second-order valence-electron chi connectivity index (χ2n) is 5.90. The van der Waals surface area contributed by atoms with Gasteiger partial charge in [-0.2, -0.15) is 0 Å². The van der Waals surface area contributed by atoms with Gasteiger partial charge >= 0.3 is 5.97 Å². The number of carbonyl (C=O) groups excluding carboxylic acids is 1. The maximum absolute atomic E-state index is 12.6. The van der Waals surface area contributed by atoms with E-state index in [0.29, 0.717) is 0 Å². The Labute approximate surface area is 147 Å². The number of phenols is 1. The van der Waals surface area contributed by atoms with E-state index in [2.05, 4.69) is 12.2 Å². The quantitative estimate of drug-likeness (QED) is 0.467. The first-order chi connectivity index (χ1) is 12.0. The fraction of sp³-hybridized carbons (Fsp3) is 0.300. The highest BCUT2D eigenvalue weighted by molar-refractivity contribution is 6.15. The zero-order valence-corrected chi connectivity index (χ0v) is 14.3. The molecule has 0 aliphatic carbocycles. The minimum Gasteiger partial charge on any atom is -0.507 e. The van der Waals surface area contributed by atoms with Gasteiger partial charge in [0, 0.05) is 23.9 Å². The molecule has 0 amide bonds. The van der Waals surface area contributed by atoms with Crippen LogP contribution in [0.1, 0.15) is 58.9 Å². The zero-order chi connectivity index (χ0) is 18.2. The summed E-state index contributed by atoms with van der Waals surface area (Å²) in [5.41, 5.74) is 0.804. The summed E-state index contributed by atoms with van der Waals surface area (Å²) in [6, 6.07) is 10.7. The van der Waals surface area contributed by atoms with E-state index in [1.165, 1.54) is 37.1 Å². The second-order valence-corrected chi connectivity index (χ2v) is 5.90. The summed E-state index contributed by atoms with van der Waals surface area (Å²) in [4.78, 5) is 23.9. The molecule has 0 saturated carbocycles. The van der Waals surface area contributed by atoms with Crippen molar-refractivity contribution >= 4 is 17.4 Å². The average molecular weight is 341 g/mol. The zero-order valence-electron chi connectivity index (χ0n) is 14.3. The molecule has 0 aliphatic heterocycles. The molecule has 0 radical (unpaired) electrons. The first kappa shape index (κ1) is 18.5. The number of carboxylic acid groups (broad SMARTS) is 1. The molecule has 2 rings (SSSR count). The summed E-state index contributed by atoms with van der Waals surface area (Å²) >= 11 is 0. The Kier molecular flexibility index (Phi) is 6.57. The van der Waals surface area contributed by atoms with Crippen molar-refractivity contribution in [2.45, 2.75) is 32.6 Å². The summed E-state index contributed by atoms with van der Waals surface area (Å²) in [5.74, 6) is -1.84.